The average Bonchev–Trinajstić information content (AvgIpc) is 2.68. The van der Waals surface area contributed by atoms with Crippen molar-refractivity contribution in [2.24, 2.45) is 0 Å². The maximum atomic E-state index is 11.7. The van der Waals surface area contributed by atoms with Gasteiger partial charge in [-0.15, -0.1) is 0 Å². The summed E-state index contributed by atoms with van der Waals surface area (Å²) in [6.07, 6.45) is 0.652. The van der Waals surface area contributed by atoms with Gasteiger partial charge in [-0.05, 0) is 30.7 Å². The van der Waals surface area contributed by atoms with Crippen molar-refractivity contribution in [2.45, 2.75) is 6.42 Å². The van der Waals surface area contributed by atoms with Gasteiger partial charge in [0.1, 0.15) is 0 Å². The zero-order chi connectivity index (χ0) is 12.5. The molecule has 1 aromatic rings. The molecule has 0 atom stereocenters. The molecule has 2 rings (SSSR count). The van der Waals surface area contributed by atoms with Crippen LogP contribution in [0.5, 0.6) is 0 Å². The molecule has 1 heterocycles. The van der Waals surface area contributed by atoms with Gasteiger partial charge in [0.2, 0.25) is 10.0 Å². The predicted octanol–water partition coefficient (Wildman–Crippen LogP) is 0.586. The molecule has 1 amide bonds. The predicted molar refractivity (Wildman–Crippen MR) is 65.6 cm³/mol. The number of hydrogen-bond acceptors (Lipinski definition) is 3. The number of amides is 1. The Morgan fingerprint density at radius 2 is 1.94 bits per heavy atom. The summed E-state index contributed by atoms with van der Waals surface area (Å²) in [7, 11) is -1.59. The van der Waals surface area contributed by atoms with Gasteiger partial charge in [0, 0.05) is 19.2 Å². The Kier molecular flexibility index (Phi) is 3.06. The number of nitrogens with zero attached hydrogens (tertiary/aromatic N) is 1. The highest BCUT2D eigenvalue weighted by molar-refractivity contribution is 7.93. The molecule has 92 valence electrons. The van der Waals surface area contributed by atoms with Gasteiger partial charge in [-0.1, -0.05) is 0 Å². The molecule has 0 aromatic heterocycles. The van der Waals surface area contributed by atoms with Gasteiger partial charge in [0.25, 0.3) is 5.91 Å². The summed E-state index contributed by atoms with van der Waals surface area (Å²) in [4.78, 5) is 11.3. The van der Waals surface area contributed by atoms with E-state index in [1.54, 1.807) is 31.3 Å². The SMILES string of the molecule is CNC(=O)c1ccc(N2CCCS2(=O)=O)cc1. The lowest BCUT2D eigenvalue weighted by molar-refractivity contribution is 0.0963. The molecule has 5 nitrogen and oxygen atoms in total. The fourth-order valence-corrected chi connectivity index (χ4v) is 3.42. The summed E-state index contributed by atoms with van der Waals surface area (Å²) in [5.74, 6) is 0.0188. The fourth-order valence-electron chi connectivity index (χ4n) is 1.85. The van der Waals surface area contributed by atoms with Gasteiger partial charge < -0.3 is 5.32 Å². The average molecular weight is 254 g/mol. The van der Waals surface area contributed by atoms with Crippen LogP contribution in [0.25, 0.3) is 0 Å². The quantitative estimate of drug-likeness (QED) is 0.839. The van der Waals surface area contributed by atoms with Crippen molar-refractivity contribution in [2.75, 3.05) is 23.7 Å². The van der Waals surface area contributed by atoms with E-state index in [2.05, 4.69) is 5.32 Å². The number of carbonyl (C=O) groups excluding carboxylic acids is 1. The third-order valence-electron chi connectivity index (χ3n) is 2.74. The first-order chi connectivity index (χ1) is 8.04. The second-order valence-corrected chi connectivity index (χ2v) is 5.88. The molecular weight excluding hydrogens is 240 g/mol. The summed E-state index contributed by atoms with van der Waals surface area (Å²) in [6.45, 7) is 0.516. The summed E-state index contributed by atoms with van der Waals surface area (Å²) in [5, 5.41) is 2.52. The van der Waals surface area contributed by atoms with Gasteiger partial charge in [-0.2, -0.15) is 0 Å². The van der Waals surface area contributed by atoms with Crippen molar-refractivity contribution in [3.63, 3.8) is 0 Å². The fraction of sp³-hybridized carbons (Fsp3) is 0.364. The summed E-state index contributed by atoms with van der Waals surface area (Å²) < 4.78 is 24.8. The van der Waals surface area contributed by atoms with E-state index in [0.717, 1.165) is 0 Å². The van der Waals surface area contributed by atoms with E-state index >= 15 is 0 Å². The van der Waals surface area contributed by atoms with Crippen molar-refractivity contribution in [3.8, 4) is 0 Å². The van der Waals surface area contributed by atoms with E-state index in [1.165, 1.54) is 4.31 Å². The highest BCUT2D eigenvalue weighted by atomic mass is 32.2. The van der Waals surface area contributed by atoms with Crippen LogP contribution in [-0.2, 0) is 10.0 Å². The number of nitrogens with one attached hydrogen (secondary N) is 1. The highest BCUT2D eigenvalue weighted by Crippen LogP contribution is 2.23. The number of rotatable bonds is 2. The second kappa shape index (κ2) is 4.37. The van der Waals surface area contributed by atoms with Crippen molar-refractivity contribution in [1.29, 1.82) is 0 Å². The van der Waals surface area contributed by atoms with Crippen LogP contribution >= 0.6 is 0 Å². The van der Waals surface area contributed by atoms with Crippen LogP contribution in [0.2, 0.25) is 0 Å². The van der Waals surface area contributed by atoms with E-state index in [4.69, 9.17) is 0 Å². The summed E-state index contributed by atoms with van der Waals surface area (Å²) in [6, 6.07) is 6.57. The number of carbonyl (C=O) groups is 1. The highest BCUT2D eigenvalue weighted by Gasteiger charge is 2.28. The first-order valence-corrected chi connectivity index (χ1v) is 6.98. The van der Waals surface area contributed by atoms with Crippen LogP contribution in [0.4, 0.5) is 5.69 Å². The summed E-state index contributed by atoms with van der Waals surface area (Å²) in [5.41, 5.74) is 1.14. The molecule has 1 N–H and O–H groups in total. The molecule has 1 aliphatic rings. The van der Waals surface area contributed by atoms with Gasteiger partial charge in [0.15, 0.2) is 0 Å². The van der Waals surface area contributed by atoms with Crippen molar-refractivity contribution in [3.05, 3.63) is 29.8 Å². The Balaban J connectivity index is 2.27. The molecule has 0 bridgehead atoms. The van der Waals surface area contributed by atoms with Crippen LogP contribution in [0.3, 0.4) is 0 Å². The zero-order valence-electron chi connectivity index (χ0n) is 9.51. The molecule has 1 aliphatic heterocycles. The third-order valence-corrected chi connectivity index (χ3v) is 4.61. The number of benzene rings is 1. The van der Waals surface area contributed by atoms with Crippen LogP contribution in [0.1, 0.15) is 16.8 Å². The van der Waals surface area contributed by atoms with E-state index in [1.807, 2.05) is 0 Å². The monoisotopic (exact) mass is 254 g/mol. The molecule has 0 radical (unpaired) electrons. The van der Waals surface area contributed by atoms with Gasteiger partial charge >= 0.3 is 0 Å². The second-order valence-electron chi connectivity index (χ2n) is 3.87. The molecule has 6 heteroatoms. The van der Waals surface area contributed by atoms with E-state index in [-0.39, 0.29) is 11.7 Å². The lowest BCUT2D eigenvalue weighted by Gasteiger charge is -2.16. The van der Waals surface area contributed by atoms with Gasteiger partial charge in [0.05, 0.1) is 11.4 Å². The Bertz CT molecular complexity index is 522. The van der Waals surface area contributed by atoms with E-state index in [9.17, 15) is 13.2 Å². The smallest absolute Gasteiger partial charge is 0.251 e. The Labute approximate surface area is 100 Å². The standard InChI is InChI=1S/C11H14N2O3S/c1-12-11(14)9-3-5-10(6-4-9)13-7-2-8-17(13,15)16/h3-6H,2,7-8H2,1H3,(H,12,14). The zero-order valence-corrected chi connectivity index (χ0v) is 10.3. The Morgan fingerprint density at radius 1 is 1.29 bits per heavy atom. The van der Waals surface area contributed by atoms with Crippen LogP contribution in [0.15, 0.2) is 24.3 Å². The molecule has 1 aromatic carbocycles. The maximum absolute atomic E-state index is 11.7. The van der Waals surface area contributed by atoms with E-state index in [0.29, 0.717) is 24.2 Å². The molecule has 0 saturated carbocycles. The molecular formula is C11H14N2O3S. The lowest BCUT2D eigenvalue weighted by atomic mass is 10.2. The maximum Gasteiger partial charge on any atom is 0.251 e. The first kappa shape index (κ1) is 11.9. The normalized spacial score (nSPS) is 18.1. The number of sulfonamides is 1. The topological polar surface area (TPSA) is 66.5 Å². The molecule has 0 unspecified atom stereocenters. The molecule has 1 saturated heterocycles. The number of hydrogen-bond donors (Lipinski definition) is 1. The molecule has 17 heavy (non-hydrogen) atoms. The lowest BCUT2D eigenvalue weighted by Crippen LogP contribution is -2.25. The van der Waals surface area contributed by atoms with E-state index < -0.39 is 10.0 Å². The summed E-state index contributed by atoms with van der Waals surface area (Å²) >= 11 is 0. The first-order valence-electron chi connectivity index (χ1n) is 5.37. The van der Waals surface area contributed by atoms with Crippen LogP contribution < -0.4 is 9.62 Å². The molecule has 0 aliphatic carbocycles. The molecule has 1 fully saturated rings. The molecule has 0 spiro atoms. The van der Waals surface area contributed by atoms with Crippen molar-refractivity contribution in [1.82, 2.24) is 5.32 Å². The van der Waals surface area contributed by atoms with Gasteiger partial charge in [-0.3, -0.25) is 9.10 Å². The van der Waals surface area contributed by atoms with Crippen molar-refractivity contribution >= 4 is 21.6 Å². The minimum atomic E-state index is -3.15. The van der Waals surface area contributed by atoms with Crippen LogP contribution in [-0.4, -0.2) is 33.7 Å². The largest absolute Gasteiger partial charge is 0.355 e. The Hall–Kier alpha value is -1.56. The third kappa shape index (κ3) is 2.26. The minimum Gasteiger partial charge on any atom is -0.355 e. The van der Waals surface area contributed by atoms with Crippen molar-refractivity contribution < 1.29 is 13.2 Å². The number of anilines is 1. The Morgan fingerprint density at radius 3 is 2.41 bits per heavy atom. The van der Waals surface area contributed by atoms with Gasteiger partial charge in [-0.25, -0.2) is 8.42 Å². The minimum absolute atomic E-state index is 0.180. The van der Waals surface area contributed by atoms with Crippen LogP contribution in [0, 0.1) is 0 Å².